The Labute approximate surface area is 149 Å². The van der Waals surface area contributed by atoms with Crippen molar-refractivity contribution in [1.82, 2.24) is 4.90 Å². The van der Waals surface area contributed by atoms with Gasteiger partial charge in [-0.1, -0.05) is 0 Å². The number of nitrogens with zero attached hydrogens (tertiary/aromatic N) is 1. The maximum Gasteiger partial charge on any atom is 0.419 e. The minimum absolute atomic E-state index is 0.124. The molecule has 0 unspecified atom stereocenters. The Hall–Kier alpha value is -0.950. The predicted molar refractivity (Wildman–Crippen MR) is 91.5 cm³/mol. The molecule has 0 aliphatic carbocycles. The molecule has 2 saturated heterocycles. The number of hydrogen-bond acceptors (Lipinski definition) is 3. The van der Waals surface area contributed by atoms with Crippen LogP contribution in [0, 0.1) is 11.2 Å². The molecule has 0 saturated carbocycles. The Morgan fingerprint density at radius 2 is 1.80 bits per heavy atom. The van der Waals surface area contributed by atoms with E-state index in [4.69, 9.17) is 4.74 Å². The number of thioether (sulfide) groups is 1. The third-order valence-corrected chi connectivity index (χ3v) is 6.61. The minimum atomic E-state index is -4.69. The molecule has 2 nitrogen and oxygen atoms in total. The van der Waals surface area contributed by atoms with E-state index in [-0.39, 0.29) is 5.75 Å². The lowest BCUT2D eigenvalue weighted by molar-refractivity contribution is -0.140. The molecule has 7 heteroatoms. The molecule has 25 heavy (non-hydrogen) atoms. The first-order chi connectivity index (χ1) is 11.6. The normalized spacial score (nSPS) is 21.2. The Morgan fingerprint density at radius 3 is 2.28 bits per heavy atom. The first-order valence-electron chi connectivity index (χ1n) is 8.45. The zero-order chi connectivity index (χ0) is 18.3. The van der Waals surface area contributed by atoms with Crippen molar-refractivity contribution in [3.05, 3.63) is 29.6 Å². The van der Waals surface area contributed by atoms with Gasteiger partial charge in [-0.15, -0.1) is 0 Å². The lowest BCUT2D eigenvalue weighted by Gasteiger charge is -2.48. The van der Waals surface area contributed by atoms with Gasteiger partial charge < -0.3 is 4.74 Å². The van der Waals surface area contributed by atoms with Gasteiger partial charge in [-0.25, -0.2) is 4.39 Å². The van der Waals surface area contributed by atoms with Crippen LogP contribution in [0.1, 0.15) is 32.3 Å². The van der Waals surface area contributed by atoms with Gasteiger partial charge in [0.2, 0.25) is 0 Å². The molecule has 0 atom stereocenters. The predicted octanol–water partition coefficient (Wildman–Crippen LogP) is 4.83. The van der Waals surface area contributed by atoms with E-state index < -0.39 is 23.2 Å². The molecule has 2 heterocycles. The number of benzene rings is 1. The van der Waals surface area contributed by atoms with Crippen LogP contribution in [0.2, 0.25) is 0 Å². The summed E-state index contributed by atoms with van der Waals surface area (Å²) in [5, 5.41) is 0. The number of hydrogen-bond donors (Lipinski definition) is 0. The lowest BCUT2D eigenvalue weighted by Crippen LogP contribution is -2.51. The van der Waals surface area contributed by atoms with E-state index in [0.29, 0.717) is 12.0 Å². The Balaban J connectivity index is 1.58. The molecule has 1 aromatic rings. The monoisotopic (exact) mass is 377 g/mol. The van der Waals surface area contributed by atoms with Gasteiger partial charge in [0.25, 0.3) is 0 Å². The highest BCUT2D eigenvalue weighted by molar-refractivity contribution is 8.00. The van der Waals surface area contributed by atoms with Crippen LogP contribution in [-0.2, 0) is 6.18 Å². The highest BCUT2D eigenvalue weighted by Crippen LogP contribution is 2.46. The number of likely N-dealkylation sites (tertiary alicyclic amines) is 1. The molecule has 1 aromatic carbocycles. The first-order valence-corrected chi connectivity index (χ1v) is 9.60. The van der Waals surface area contributed by atoms with E-state index in [0.717, 1.165) is 25.2 Å². The minimum Gasteiger partial charge on any atom is -0.486 e. The fourth-order valence-corrected chi connectivity index (χ4v) is 4.90. The smallest absolute Gasteiger partial charge is 0.419 e. The van der Waals surface area contributed by atoms with Crippen LogP contribution < -0.4 is 4.74 Å². The molecule has 0 bridgehead atoms. The molecule has 2 aliphatic rings. The topological polar surface area (TPSA) is 12.5 Å². The van der Waals surface area contributed by atoms with Gasteiger partial charge >= 0.3 is 6.18 Å². The summed E-state index contributed by atoms with van der Waals surface area (Å²) in [7, 11) is 0. The molecular formula is C18H23F4NOS. The van der Waals surface area contributed by atoms with Gasteiger partial charge in [-0.3, -0.25) is 4.90 Å². The second-order valence-corrected chi connectivity index (χ2v) is 8.76. The van der Waals surface area contributed by atoms with Gasteiger partial charge in [-0.05, 0) is 68.8 Å². The van der Waals surface area contributed by atoms with Crippen LogP contribution in [0.3, 0.4) is 0 Å². The van der Waals surface area contributed by atoms with Gasteiger partial charge in [0.15, 0.2) is 0 Å². The van der Waals surface area contributed by atoms with Gasteiger partial charge in [0.05, 0.1) is 5.56 Å². The van der Waals surface area contributed by atoms with E-state index in [1.54, 1.807) is 0 Å². The molecular weight excluding hydrogens is 354 g/mol. The van der Waals surface area contributed by atoms with Gasteiger partial charge in [0.1, 0.15) is 17.2 Å². The summed E-state index contributed by atoms with van der Waals surface area (Å²) >= 11 is 2.00. The van der Waals surface area contributed by atoms with Gasteiger partial charge in [-0.2, -0.15) is 24.9 Å². The molecule has 3 rings (SSSR count). The summed E-state index contributed by atoms with van der Waals surface area (Å²) in [6, 6.07) is 2.74. The zero-order valence-electron chi connectivity index (χ0n) is 14.5. The quantitative estimate of drug-likeness (QED) is 0.698. The fourth-order valence-electron chi connectivity index (χ4n) is 3.54. The zero-order valence-corrected chi connectivity index (χ0v) is 15.3. The molecule has 2 aliphatic heterocycles. The van der Waals surface area contributed by atoms with E-state index in [1.807, 2.05) is 25.6 Å². The molecule has 0 aromatic heterocycles. The van der Waals surface area contributed by atoms with E-state index >= 15 is 0 Å². The van der Waals surface area contributed by atoms with Crippen LogP contribution in [0.15, 0.2) is 18.2 Å². The van der Waals surface area contributed by atoms with Crippen molar-refractivity contribution >= 4 is 11.8 Å². The Bertz CT molecular complexity index is 618. The van der Waals surface area contributed by atoms with Crippen LogP contribution in [0.4, 0.5) is 17.6 Å². The molecule has 1 spiro atoms. The lowest BCUT2D eigenvalue weighted by atomic mass is 9.81. The maximum absolute atomic E-state index is 13.7. The second-order valence-electron chi connectivity index (χ2n) is 7.77. The average Bonchev–Trinajstić information content (AvgIpc) is 2.44. The number of alkyl halides is 3. The third-order valence-electron chi connectivity index (χ3n) is 4.98. The van der Waals surface area contributed by atoms with Crippen LogP contribution in [-0.4, -0.2) is 41.6 Å². The van der Waals surface area contributed by atoms with Crippen molar-refractivity contribution in [1.29, 1.82) is 0 Å². The number of piperidine rings is 1. The summed E-state index contributed by atoms with van der Waals surface area (Å²) in [5.41, 5.74) is -1.34. The maximum atomic E-state index is 13.7. The molecule has 0 N–H and O–H groups in total. The molecule has 0 radical (unpaired) electrons. The Kier molecular flexibility index (Phi) is 5.01. The standard InChI is InChI=1S/C18H23F4NOS/c1-16(2,10-23-7-5-17(6-8-23)11-25-12-17)24-13-3-4-14(15(19)9-13)18(20,21)22/h3-4,9H,5-8,10-12H2,1-2H3. The average molecular weight is 377 g/mol. The number of rotatable bonds is 4. The highest BCUT2D eigenvalue weighted by atomic mass is 32.2. The number of ether oxygens (including phenoxy) is 1. The van der Waals surface area contributed by atoms with Crippen molar-refractivity contribution in [3.8, 4) is 5.75 Å². The SMILES string of the molecule is CC(C)(CN1CCC2(CC1)CSC2)Oc1ccc(C(F)(F)F)c(F)c1. The van der Waals surface area contributed by atoms with Crippen LogP contribution in [0.5, 0.6) is 5.75 Å². The summed E-state index contributed by atoms with van der Waals surface area (Å²) in [5.74, 6) is 1.33. The van der Waals surface area contributed by atoms with Crippen LogP contribution >= 0.6 is 11.8 Å². The number of halogens is 4. The highest BCUT2D eigenvalue weighted by Gasteiger charge is 2.41. The fraction of sp³-hybridized carbons (Fsp3) is 0.667. The molecule has 2 fully saturated rings. The second kappa shape index (κ2) is 6.65. The summed E-state index contributed by atoms with van der Waals surface area (Å²) in [6.45, 7) is 6.45. The van der Waals surface area contributed by atoms with Gasteiger partial charge in [0, 0.05) is 12.6 Å². The summed E-state index contributed by atoms with van der Waals surface area (Å²) < 4.78 is 57.4. The molecule has 140 valence electrons. The summed E-state index contributed by atoms with van der Waals surface area (Å²) in [4.78, 5) is 2.33. The third kappa shape index (κ3) is 4.42. The largest absolute Gasteiger partial charge is 0.486 e. The van der Waals surface area contributed by atoms with E-state index in [2.05, 4.69) is 4.90 Å². The van der Waals surface area contributed by atoms with Crippen molar-refractivity contribution in [2.45, 2.75) is 38.5 Å². The van der Waals surface area contributed by atoms with Crippen molar-refractivity contribution < 1.29 is 22.3 Å². The first kappa shape index (κ1) is 18.8. The van der Waals surface area contributed by atoms with Crippen molar-refractivity contribution in [2.24, 2.45) is 5.41 Å². The molecule has 0 amide bonds. The van der Waals surface area contributed by atoms with Crippen molar-refractivity contribution in [2.75, 3.05) is 31.1 Å². The van der Waals surface area contributed by atoms with Crippen LogP contribution in [0.25, 0.3) is 0 Å². The van der Waals surface area contributed by atoms with Crippen molar-refractivity contribution in [3.63, 3.8) is 0 Å². The van der Waals surface area contributed by atoms with E-state index in [9.17, 15) is 17.6 Å². The van der Waals surface area contributed by atoms with E-state index in [1.165, 1.54) is 30.4 Å². The Morgan fingerprint density at radius 1 is 1.16 bits per heavy atom. The summed E-state index contributed by atoms with van der Waals surface area (Å²) in [6.07, 6.45) is -2.32.